The normalized spacial score (nSPS) is 13.9. The van der Waals surface area contributed by atoms with Crippen LogP contribution in [0.15, 0.2) is 96.1 Å². The third-order valence-electron chi connectivity index (χ3n) is 5.19. The van der Waals surface area contributed by atoms with Crippen LogP contribution < -0.4 is 15.9 Å². The van der Waals surface area contributed by atoms with Gasteiger partial charge >= 0.3 is 6.09 Å². The van der Waals surface area contributed by atoms with Crippen LogP contribution in [0.1, 0.15) is 13.8 Å². The van der Waals surface area contributed by atoms with Gasteiger partial charge in [0.15, 0.2) is 0 Å². The molecule has 3 aromatic rings. The Kier molecular flexibility index (Phi) is 5.88. The van der Waals surface area contributed by atoms with E-state index in [4.69, 9.17) is 4.74 Å². The van der Waals surface area contributed by atoms with Crippen molar-refractivity contribution in [2.45, 2.75) is 13.8 Å². The minimum atomic E-state index is -2.62. The average molecular weight is 430 g/mol. The number of amides is 2. The van der Waals surface area contributed by atoms with E-state index >= 15 is 0 Å². The molecule has 1 aliphatic heterocycles. The van der Waals surface area contributed by atoms with Crippen LogP contribution in [0.25, 0.3) is 0 Å². The van der Waals surface area contributed by atoms with Crippen molar-refractivity contribution in [1.29, 1.82) is 0 Å². The molecule has 0 bridgehead atoms. The summed E-state index contributed by atoms with van der Waals surface area (Å²) in [5.74, 6) is -0.430. The number of nitrogens with zero attached hydrogens (tertiary/aromatic N) is 2. The Morgan fingerprint density at radius 1 is 0.839 bits per heavy atom. The zero-order chi connectivity index (χ0) is 21.8. The Labute approximate surface area is 181 Å². The largest absolute Gasteiger partial charge is 0.448 e. The lowest BCUT2D eigenvalue weighted by Crippen LogP contribution is -2.39. The minimum Gasteiger partial charge on any atom is -0.448 e. The van der Waals surface area contributed by atoms with E-state index in [9.17, 15) is 9.59 Å². The van der Waals surface area contributed by atoms with Crippen molar-refractivity contribution in [3.05, 3.63) is 91.0 Å². The molecular formula is C25H23N2O3P. The van der Waals surface area contributed by atoms with Crippen LogP contribution in [-0.2, 0) is 9.53 Å². The zero-order valence-corrected chi connectivity index (χ0v) is 18.3. The molecule has 0 N–H and O–H groups in total. The van der Waals surface area contributed by atoms with Gasteiger partial charge in [0.25, 0.3) is 5.91 Å². The van der Waals surface area contributed by atoms with Gasteiger partial charge in [-0.15, -0.1) is 5.01 Å². The molecule has 6 heteroatoms. The number of rotatable bonds is 4. The summed E-state index contributed by atoms with van der Waals surface area (Å²) < 4.78 is 5.08. The van der Waals surface area contributed by atoms with Crippen LogP contribution >= 0.6 is 6.89 Å². The monoisotopic (exact) mass is 430 g/mol. The zero-order valence-electron chi connectivity index (χ0n) is 17.4. The fourth-order valence-corrected chi connectivity index (χ4v) is 8.42. The molecule has 0 saturated carbocycles. The highest BCUT2D eigenvalue weighted by atomic mass is 31.2. The fourth-order valence-electron chi connectivity index (χ4n) is 3.98. The summed E-state index contributed by atoms with van der Waals surface area (Å²) in [5, 5.41) is 8.81. The molecule has 31 heavy (non-hydrogen) atoms. The van der Waals surface area contributed by atoms with E-state index in [0.717, 1.165) is 20.9 Å². The third-order valence-corrected chi connectivity index (χ3v) is 9.60. The Hall–Kier alpha value is -3.43. The molecule has 5 nitrogen and oxygen atoms in total. The fraction of sp³-hybridized carbons (Fsp3) is 0.120. The molecule has 4 rings (SSSR count). The first-order valence-electron chi connectivity index (χ1n) is 10.1. The Morgan fingerprint density at radius 2 is 1.26 bits per heavy atom. The summed E-state index contributed by atoms with van der Waals surface area (Å²) in [4.78, 5) is 26.2. The van der Waals surface area contributed by atoms with Crippen LogP contribution in [0.5, 0.6) is 0 Å². The van der Waals surface area contributed by atoms with Gasteiger partial charge in [-0.05, 0) is 36.6 Å². The second-order valence-electron chi connectivity index (χ2n) is 7.03. The van der Waals surface area contributed by atoms with E-state index in [1.54, 1.807) is 13.8 Å². The van der Waals surface area contributed by atoms with Gasteiger partial charge in [-0.2, -0.15) is 5.10 Å². The first kappa shape index (κ1) is 20.8. The quantitative estimate of drug-likeness (QED) is 0.595. The van der Waals surface area contributed by atoms with Crippen molar-refractivity contribution in [2.24, 2.45) is 5.10 Å². The van der Waals surface area contributed by atoms with Crippen molar-refractivity contribution >= 4 is 45.8 Å². The van der Waals surface area contributed by atoms with E-state index in [0.29, 0.717) is 11.0 Å². The van der Waals surface area contributed by atoms with Gasteiger partial charge in [-0.1, -0.05) is 91.0 Å². The van der Waals surface area contributed by atoms with E-state index in [1.807, 2.05) is 91.0 Å². The predicted molar refractivity (Wildman–Crippen MR) is 127 cm³/mol. The molecule has 0 atom stereocenters. The lowest BCUT2D eigenvalue weighted by molar-refractivity contribution is -0.121. The van der Waals surface area contributed by atoms with Crippen molar-refractivity contribution in [1.82, 2.24) is 5.01 Å². The average Bonchev–Trinajstić information content (AvgIpc) is 3.12. The van der Waals surface area contributed by atoms with Crippen molar-refractivity contribution in [2.75, 3.05) is 6.61 Å². The number of benzene rings is 3. The smallest absolute Gasteiger partial charge is 0.438 e. The number of carbonyl (C=O) groups is 2. The van der Waals surface area contributed by atoms with Gasteiger partial charge in [0.05, 0.1) is 17.6 Å². The lowest BCUT2D eigenvalue weighted by atomic mass is 10.3. The number of hydrazone groups is 1. The summed E-state index contributed by atoms with van der Waals surface area (Å²) in [7, 11) is 0. The summed E-state index contributed by atoms with van der Waals surface area (Å²) in [6.45, 7) is 1.04. The van der Waals surface area contributed by atoms with Gasteiger partial charge in [-0.25, -0.2) is 4.79 Å². The van der Waals surface area contributed by atoms with Crippen molar-refractivity contribution < 1.29 is 14.3 Å². The molecule has 1 heterocycles. The van der Waals surface area contributed by atoms with Crippen LogP contribution in [0.3, 0.4) is 0 Å². The molecule has 2 amide bonds. The molecule has 0 aromatic heterocycles. The molecule has 1 aliphatic rings. The van der Waals surface area contributed by atoms with Crippen LogP contribution in [0, 0.1) is 0 Å². The molecule has 3 aromatic carbocycles. The SMILES string of the molecule is CCOC(=O)N1N=C(C)C(=P(c2ccccc2)(c2ccccc2)c2ccccc2)C1=O. The van der Waals surface area contributed by atoms with Crippen LogP contribution in [0.4, 0.5) is 4.79 Å². The van der Waals surface area contributed by atoms with Gasteiger partial charge in [-0.3, -0.25) is 4.79 Å². The van der Waals surface area contributed by atoms with Crippen LogP contribution in [0.2, 0.25) is 0 Å². The Balaban J connectivity index is 2.15. The second-order valence-corrected chi connectivity index (χ2v) is 10.4. The molecule has 0 saturated heterocycles. The number of ether oxygens (including phenoxy) is 1. The molecule has 0 fully saturated rings. The molecule has 0 radical (unpaired) electrons. The van der Waals surface area contributed by atoms with E-state index in [1.165, 1.54) is 0 Å². The van der Waals surface area contributed by atoms with Gasteiger partial charge in [0.1, 0.15) is 0 Å². The lowest BCUT2D eigenvalue weighted by Gasteiger charge is -2.31. The highest BCUT2D eigenvalue weighted by Gasteiger charge is 2.42. The summed E-state index contributed by atoms with van der Waals surface area (Å²) in [6.07, 6.45) is -0.755. The number of imide groups is 1. The summed E-state index contributed by atoms with van der Waals surface area (Å²) >= 11 is 0. The summed E-state index contributed by atoms with van der Waals surface area (Å²) in [5.41, 5.74) is 0.531. The van der Waals surface area contributed by atoms with E-state index < -0.39 is 18.9 Å². The molecule has 0 unspecified atom stereocenters. The maximum Gasteiger partial charge on any atom is 0.438 e. The molecule has 156 valence electrons. The first-order valence-corrected chi connectivity index (χ1v) is 11.9. The highest BCUT2D eigenvalue weighted by molar-refractivity contribution is 7.97. The van der Waals surface area contributed by atoms with Crippen LogP contribution in [-0.4, -0.2) is 34.6 Å². The highest BCUT2D eigenvalue weighted by Crippen LogP contribution is 2.47. The number of hydrogen-bond donors (Lipinski definition) is 0. The summed E-state index contributed by atoms with van der Waals surface area (Å²) in [6, 6.07) is 30.0. The topological polar surface area (TPSA) is 59.0 Å². The molecule has 0 spiro atoms. The first-order chi connectivity index (χ1) is 15.1. The molecule has 0 aliphatic carbocycles. The Bertz CT molecular complexity index is 1090. The number of hydrogen-bond acceptors (Lipinski definition) is 4. The second kappa shape index (κ2) is 8.75. The maximum absolute atomic E-state index is 13.7. The van der Waals surface area contributed by atoms with E-state index in [2.05, 4.69) is 5.10 Å². The van der Waals surface area contributed by atoms with Crippen molar-refractivity contribution in [3.8, 4) is 0 Å². The standard InChI is InChI=1S/C25H23N2O3P/c1-3-30-25(29)27-24(28)23(19(2)26-27)31(20-13-7-4-8-14-20,21-15-9-5-10-16-21)22-17-11-6-12-18-22/h4-18H,3H2,1-2H3. The number of carbonyl (C=O) groups excluding carboxylic acids is 2. The predicted octanol–water partition coefficient (Wildman–Crippen LogP) is 3.53. The van der Waals surface area contributed by atoms with Crippen molar-refractivity contribution in [3.63, 3.8) is 0 Å². The maximum atomic E-state index is 13.7. The van der Waals surface area contributed by atoms with E-state index in [-0.39, 0.29) is 6.61 Å². The van der Waals surface area contributed by atoms with Gasteiger partial charge in [0.2, 0.25) is 0 Å². The minimum absolute atomic E-state index is 0.169. The van der Waals surface area contributed by atoms with Gasteiger partial charge in [0, 0.05) is 0 Å². The Morgan fingerprint density at radius 3 is 1.65 bits per heavy atom. The third kappa shape index (κ3) is 3.51. The molecular weight excluding hydrogens is 407 g/mol. The van der Waals surface area contributed by atoms with Gasteiger partial charge < -0.3 is 4.74 Å².